The second-order valence-corrected chi connectivity index (χ2v) is 14.1. The Balaban J connectivity index is 1.83. The fraction of sp³-hybridized carbons (Fsp3) is 0.316. The summed E-state index contributed by atoms with van der Waals surface area (Å²) < 4.78 is 29.7. The highest BCUT2D eigenvalue weighted by atomic mass is 32.2. The molecule has 4 aromatic rings. The molecular formula is C38H45N3O4S. The maximum Gasteiger partial charge on any atom is 0.264 e. The number of aryl methyl sites for hydroxylation is 4. The molecule has 46 heavy (non-hydrogen) atoms. The van der Waals surface area contributed by atoms with Gasteiger partial charge in [0.05, 0.1) is 10.6 Å². The van der Waals surface area contributed by atoms with Crippen molar-refractivity contribution in [2.45, 2.75) is 77.9 Å². The summed E-state index contributed by atoms with van der Waals surface area (Å²) >= 11 is 0. The van der Waals surface area contributed by atoms with Gasteiger partial charge in [-0.3, -0.25) is 13.9 Å². The summed E-state index contributed by atoms with van der Waals surface area (Å²) in [6, 6.07) is 28.5. The minimum Gasteiger partial charge on any atom is -0.352 e. The second-order valence-electron chi connectivity index (χ2n) is 12.2. The number of sulfonamides is 1. The Morgan fingerprint density at radius 2 is 1.37 bits per heavy atom. The monoisotopic (exact) mass is 639 g/mol. The number of nitrogens with zero attached hydrogens (tertiary/aromatic N) is 2. The van der Waals surface area contributed by atoms with Gasteiger partial charge in [-0.05, 0) is 87.6 Å². The lowest BCUT2D eigenvalue weighted by Crippen LogP contribution is -2.54. The maximum absolute atomic E-state index is 14.6. The molecule has 0 bridgehead atoms. The van der Waals surface area contributed by atoms with Crippen LogP contribution < -0.4 is 9.62 Å². The molecule has 8 heteroatoms. The third-order valence-corrected chi connectivity index (χ3v) is 9.88. The number of carbonyl (C=O) groups excluding carboxylic acids is 2. The molecular weight excluding hydrogens is 595 g/mol. The van der Waals surface area contributed by atoms with E-state index in [0.717, 1.165) is 39.8 Å². The van der Waals surface area contributed by atoms with E-state index in [0.29, 0.717) is 5.69 Å². The quantitative estimate of drug-likeness (QED) is 0.177. The lowest BCUT2D eigenvalue weighted by molar-refractivity contribution is -0.140. The van der Waals surface area contributed by atoms with Crippen molar-refractivity contribution in [1.29, 1.82) is 0 Å². The van der Waals surface area contributed by atoms with E-state index in [1.54, 1.807) is 41.3 Å². The van der Waals surface area contributed by atoms with E-state index in [1.807, 2.05) is 102 Å². The molecule has 4 rings (SSSR count). The van der Waals surface area contributed by atoms with Crippen LogP contribution >= 0.6 is 0 Å². The third kappa shape index (κ3) is 8.85. The molecule has 0 aliphatic rings. The standard InChI is InChI=1S/C38H45N3O4S/c1-7-31(6)39-38(43)36(24-32-13-9-8-10-14-32)40(25-33-15-11-12-28(3)21-33)37(42)26-41(34-22-29(4)20-30(5)23-34)46(44,45)35-18-16-27(2)17-19-35/h8-23,31,36H,7,24-26H2,1-6H3,(H,39,43)/t31-,36+/m0/s1. The lowest BCUT2D eigenvalue weighted by atomic mass is 10.0. The molecule has 0 aromatic heterocycles. The highest BCUT2D eigenvalue weighted by Gasteiger charge is 2.35. The van der Waals surface area contributed by atoms with Gasteiger partial charge in [-0.15, -0.1) is 0 Å². The van der Waals surface area contributed by atoms with Crippen molar-refractivity contribution in [3.8, 4) is 0 Å². The fourth-order valence-corrected chi connectivity index (χ4v) is 6.86. The molecule has 1 N–H and O–H groups in total. The van der Waals surface area contributed by atoms with Crippen LogP contribution in [0.3, 0.4) is 0 Å². The minimum absolute atomic E-state index is 0.0886. The molecule has 0 unspecified atom stereocenters. The van der Waals surface area contributed by atoms with E-state index in [9.17, 15) is 18.0 Å². The van der Waals surface area contributed by atoms with Crippen LogP contribution in [0.2, 0.25) is 0 Å². The van der Waals surface area contributed by atoms with Crippen molar-refractivity contribution in [3.63, 3.8) is 0 Å². The first-order valence-corrected chi connectivity index (χ1v) is 17.2. The van der Waals surface area contributed by atoms with Crippen LogP contribution in [-0.4, -0.2) is 43.8 Å². The molecule has 0 saturated carbocycles. The van der Waals surface area contributed by atoms with Crippen LogP contribution in [0.4, 0.5) is 5.69 Å². The second kappa shape index (κ2) is 15.2. The zero-order valence-electron chi connectivity index (χ0n) is 27.7. The number of nitrogens with one attached hydrogen (secondary N) is 1. The van der Waals surface area contributed by atoms with Crippen molar-refractivity contribution in [3.05, 3.63) is 130 Å². The fourth-order valence-electron chi connectivity index (χ4n) is 5.46. The van der Waals surface area contributed by atoms with Gasteiger partial charge in [0.15, 0.2) is 0 Å². The largest absolute Gasteiger partial charge is 0.352 e. The molecule has 0 saturated heterocycles. The summed E-state index contributed by atoms with van der Waals surface area (Å²) in [5.41, 5.74) is 5.83. The number of carbonyl (C=O) groups is 2. The predicted octanol–water partition coefficient (Wildman–Crippen LogP) is 6.67. The van der Waals surface area contributed by atoms with Crippen molar-refractivity contribution >= 4 is 27.5 Å². The summed E-state index contributed by atoms with van der Waals surface area (Å²) in [4.78, 5) is 30.3. The van der Waals surface area contributed by atoms with Crippen molar-refractivity contribution in [2.75, 3.05) is 10.8 Å². The molecule has 0 heterocycles. The van der Waals surface area contributed by atoms with E-state index in [2.05, 4.69) is 5.32 Å². The van der Waals surface area contributed by atoms with Gasteiger partial charge < -0.3 is 10.2 Å². The Kier molecular flexibility index (Phi) is 11.4. The first kappa shape index (κ1) is 34.4. The van der Waals surface area contributed by atoms with Gasteiger partial charge in [0.25, 0.3) is 10.0 Å². The van der Waals surface area contributed by atoms with E-state index in [1.165, 1.54) is 4.31 Å². The van der Waals surface area contributed by atoms with Crippen LogP contribution in [0.25, 0.3) is 0 Å². The summed E-state index contributed by atoms with van der Waals surface area (Å²) in [5.74, 6) is -0.755. The molecule has 7 nitrogen and oxygen atoms in total. The highest BCUT2D eigenvalue weighted by molar-refractivity contribution is 7.92. The SMILES string of the molecule is CC[C@H](C)NC(=O)[C@@H](Cc1ccccc1)N(Cc1cccc(C)c1)C(=O)CN(c1cc(C)cc(C)c1)S(=O)(=O)c1ccc(C)cc1. The summed E-state index contributed by atoms with van der Waals surface area (Å²) in [5, 5.41) is 3.08. The van der Waals surface area contributed by atoms with Crippen molar-refractivity contribution in [1.82, 2.24) is 10.2 Å². The zero-order valence-corrected chi connectivity index (χ0v) is 28.5. The molecule has 0 aliphatic heterocycles. The van der Waals surface area contributed by atoms with Gasteiger partial charge in [-0.1, -0.05) is 90.8 Å². The average Bonchev–Trinajstić information content (AvgIpc) is 3.01. The topological polar surface area (TPSA) is 86.8 Å². The molecule has 4 aromatic carbocycles. The third-order valence-electron chi connectivity index (χ3n) is 8.09. The summed E-state index contributed by atoms with van der Waals surface area (Å²) in [7, 11) is -4.16. The number of benzene rings is 4. The van der Waals surface area contributed by atoms with Gasteiger partial charge >= 0.3 is 0 Å². The first-order valence-electron chi connectivity index (χ1n) is 15.7. The summed E-state index contributed by atoms with van der Waals surface area (Å²) in [6.07, 6.45) is 1.000. The molecule has 0 fully saturated rings. The van der Waals surface area contributed by atoms with E-state index < -0.39 is 28.5 Å². The molecule has 0 radical (unpaired) electrons. The van der Waals surface area contributed by atoms with Crippen molar-refractivity contribution < 1.29 is 18.0 Å². The van der Waals surface area contributed by atoms with E-state index >= 15 is 0 Å². The van der Waals surface area contributed by atoms with Crippen LogP contribution in [-0.2, 0) is 32.6 Å². The Morgan fingerprint density at radius 1 is 0.739 bits per heavy atom. The van der Waals surface area contributed by atoms with Crippen molar-refractivity contribution in [2.24, 2.45) is 0 Å². The van der Waals surface area contributed by atoms with Crippen LogP contribution in [0.1, 0.15) is 53.6 Å². The Hall–Kier alpha value is -4.43. The zero-order chi connectivity index (χ0) is 33.4. The lowest BCUT2D eigenvalue weighted by Gasteiger charge is -2.34. The minimum atomic E-state index is -4.16. The number of rotatable bonds is 13. The molecule has 2 amide bonds. The van der Waals surface area contributed by atoms with Crippen LogP contribution in [0.5, 0.6) is 0 Å². The molecule has 242 valence electrons. The smallest absolute Gasteiger partial charge is 0.264 e. The Labute approximate surface area is 274 Å². The Bertz CT molecular complexity index is 1730. The Morgan fingerprint density at radius 3 is 1.98 bits per heavy atom. The summed E-state index contributed by atoms with van der Waals surface area (Å²) in [6.45, 7) is 11.2. The van der Waals surface area contributed by atoms with Gasteiger partial charge in [-0.2, -0.15) is 0 Å². The average molecular weight is 640 g/mol. The van der Waals surface area contributed by atoms with Gasteiger partial charge in [0.1, 0.15) is 12.6 Å². The number of hydrogen-bond donors (Lipinski definition) is 1. The van der Waals surface area contributed by atoms with Gasteiger partial charge in [-0.25, -0.2) is 8.42 Å². The van der Waals surface area contributed by atoms with E-state index in [-0.39, 0.29) is 29.8 Å². The van der Waals surface area contributed by atoms with E-state index in [4.69, 9.17) is 0 Å². The normalized spacial score (nSPS) is 12.7. The number of amides is 2. The van der Waals surface area contributed by atoms with Crippen LogP contribution in [0.15, 0.2) is 102 Å². The van der Waals surface area contributed by atoms with Gasteiger partial charge in [0.2, 0.25) is 11.8 Å². The number of hydrogen-bond acceptors (Lipinski definition) is 4. The van der Waals surface area contributed by atoms with Gasteiger partial charge in [0, 0.05) is 19.0 Å². The highest BCUT2D eigenvalue weighted by Crippen LogP contribution is 2.27. The predicted molar refractivity (Wildman–Crippen MR) is 185 cm³/mol. The first-order chi connectivity index (χ1) is 21.9. The molecule has 0 spiro atoms. The molecule has 2 atom stereocenters. The van der Waals surface area contributed by atoms with Crippen LogP contribution in [0, 0.1) is 27.7 Å². The number of anilines is 1. The molecule has 0 aliphatic carbocycles. The maximum atomic E-state index is 14.6.